The molecule has 1 N–H and O–H groups in total. The predicted octanol–water partition coefficient (Wildman–Crippen LogP) is 2.36. The maximum atomic E-state index is 9.19. The van der Waals surface area contributed by atoms with E-state index in [-0.39, 0.29) is 5.75 Å². The second-order valence-corrected chi connectivity index (χ2v) is 2.72. The summed E-state index contributed by atoms with van der Waals surface area (Å²) in [5.41, 5.74) is 0. The predicted molar refractivity (Wildman–Crippen MR) is 55.0 cm³/mol. The second kappa shape index (κ2) is 5.17. The zero-order valence-electron chi connectivity index (χ0n) is 8.36. The summed E-state index contributed by atoms with van der Waals surface area (Å²) < 4.78 is 10.4. The van der Waals surface area contributed by atoms with E-state index in [1.807, 2.05) is 19.1 Å². The van der Waals surface area contributed by atoms with Gasteiger partial charge in [0.25, 0.3) is 0 Å². The number of phenolic OH excluding ortho intramolecular Hbond substituents is 1. The lowest BCUT2D eigenvalue weighted by atomic mass is 10.3. The molecule has 0 amide bonds. The molecule has 1 aromatic carbocycles. The number of ether oxygens (including phenoxy) is 2. The number of rotatable bonds is 4. The van der Waals surface area contributed by atoms with Crippen LogP contribution >= 0.6 is 0 Å². The van der Waals surface area contributed by atoms with Crippen molar-refractivity contribution in [3.05, 3.63) is 30.4 Å². The highest BCUT2D eigenvalue weighted by Gasteiger charge is 2.03. The van der Waals surface area contributed by atoms with Gasteiger partial charge in [0, 0.05) is 6.07 Å². The van der Waals surface area contributed by atoms with Crippen LogP contribution in [0.15, 0.2) is 30.4 Å². The van der Waals surface area contributed by atoms with Crippen molar-refractivity contribution in [1.29, 1.82) is 0 Å². The van der Waals surface area contributed by atoms with E-state index in [4.69, 9.17) is 9.47 Å². The third-order valence-corrected chi connectivity index (χ3v) is 1.72. The molecule has 76 valence electrons. The number of aromatic hydroxyl groups is 1. The number of benzene rings is 1. The van der Waals surface area contributed by atoms with Gasteiger partial charge in [0.15, 0.2) is 11.5 Å². The van der Waals surface area contributed by atoms with Crippen LogP contribution in [0.1, 0.15) is 6.92 Å². The van der Waals surface area contributed by atoms with E-state index in [1.165, 1.54) is 13.2 Å². The van der Waals surface area contributed by atoms with Crippen LogP contribution in [0.3, 0.4) is 0 Å². The molecule has 0 saturated heterocycles. The average Bonchev–Trinajstić information content (AvgIpc) is 2.20. The summed E-state index contributed by atoms with van der Waals surface area (Å²) in [5, 5.41) is 9.19. The van der Waals surface area contributed by atoms with Crippen molar-refractivity contribution in [2.75, 3.05) is 13.7 Å². The van der Waals surface area contributed by atoms with Gasteiger partial charge in [-0.3, -0.25) is 0 Å². The molecule has 0 aliphatic heterocycles. The Morgan fingerprint density at radius 1 is 1.36 bits per heavy atom. The Labute approximate surface area is 83.6 Å². The Hall–Kier alpha value is -1.64. The summed E-state index contributed by atoms with van der Waals surface area (Å²) in [5.74, 6) is 1.33. The van der Waals surface area contributed by atoms with Crippen molar-refractivity contribution in [3.8, 4) is 17.2 Å². The molecule has 0 radical (unpaired) electrons. The molecule has 0 bridgehead atoms. The molecule has 0 unspecified atom stereocenters. The van der Waals surface area contributed by atoms with E-state index in [2.05, 4.69) is 0 Å². The summed E-state index contributed by atoms with van der Waals surface area (Å²) in [7, 11) is 1.54. The van der Waals surface area contributed by atoms with Crippen LogP contribution in [0.25, 0.3) is 0 Å². The van der Waals surface area contributed by atoms with E-state index in [9.17, 15) is 5.11 Å². The van der Waals surface area contributed by atoms with Gasteiger partial charge in [-0.2, -0.15) is 0 Å². The van der Waals surface area contributed by atoms with Crippen LogP contribution in [-0.2, 0) is 0 Å². The molecule has 3 heteroatoms. The van der Waals surface area contributed by atoms with Crippen molar-refractivity contribution >= 4 is 0 Å². The van der Waals surface area contributed by atoms with E-state index in [0.717, 1.165) is 0 Å². The fourth-order valence-corrected chi connectivity index (χ4v) is 1.01. The molecular formula is C11H14O3. The van der Waals surface area contributed by atoms with Gasteiger partial charge in [-0.25, -0.2) is 0 Å². The first kappa shape index (κ1) is 10.4. The smallest absolute Gasteiger partial charge is 0.164 e. The number of hydrogen-bond donors (Lipinski definition) is 1. The molecule has 0 fully saturated rings. The molecular weight excluding hydrogens is 180 g/mol. The first-order valence-electron chi connectivity index (χ1n) is 4.39. The zero-order valence-corrected chi connectivity index (χ0v) is 8.36. The molecule has 1 rings (SSSR count). The average molecular weight is 194 g/mol. The lowest BCUT2D eigenvalue weighted by Gasteiger charge is -2.08. The Kier molecular flexibility index (Phi) is 3.85. The van der Waals surface area contributed by atoms with Crippen molar-refractivity contribution in [2.45, 2.75) is 6.92 Å². The molecule has 0 heterocycles. The third kappa shape index (κ3) is 2.69. The largest absolute Gasteiger partial charge is 0.508 e. The van der Waals surface area contributed by atoms with Gasteiger partial charge in [0.2, 0.25) is 0 Å². The molecule has 1 aromatic rings. The van der Waals surface area contributed by atoms with Gasteiger partial charge in [-0.15, -0.1) is 0 Å². The fourth-order valence-electron chi connectivity index (χ4n) is 1.01. The molecule has 0 spiro atoms. The lowest BCUT2D eigenvalue weighted by molar-refractivity contribution is 0.324. The second-order valence-electron chi connectivity index (χ2n) is 2.72. The van der Waals surface area contributed by atoms with Crippen molar-refractivity contribution < 1.29 is 14.6 Å². The van der Waals surface area contributed by atoms with Gasteiger partial charge in [-0.1, -0.05) is 12.2 Å². The topological polar surface area (TPSA) is 38.7 Å². The molecule has 0 aromatic heterocycles. The first-order valence-corrected chi connectivity index (χ1v) is 4.39. The van der Waals surface area contributed by atoms with Crippen LogP contribution in [0.4, 0.5) is 0 Å². The molecule has 0 atom stereocenters. The summed E-state index contributed by atoms with van der Waals surface area (Å²) in [6, 6.07) is 4.76. The number of hydrogen-bond acceptors (Lipinski definition) is 3. The maximum absolute atomic E-state index is 9.19. The number of allylic oxidation sites excluding steroid dienone is 1. The highest BCUT2D eigenvalue weighted by atomic mass is 16.5. The quantitative estimate of drug-likeness (QED) is 0.748. The minimum Gasteiger partial charge on any atom is -0.508 e. The van der Waals surface area contributed by atoms with Gasteiger partial charge in [0.05, 0.1) is 7.11 Å². The van der Waals surface area contributed by atoms with Crippen molar-refractivity contribution in [3.63, 3.8) is 0 Å². The third-order valence-electron chi connectivity index (χ3n) is 1.72. The maximum Gasteiger partial charge on any atom is 0.164 e. The van der Waals surface area contributed by atoms with Crippen LogP contribution in [0, 0.1) is 0 Å². The van der Waals surface area contributed by atoms with Gasteiger partial charge in [-0.05, 0) is 19.1 Å². The highest BCUT2D eigenvalue weighted by molar-refractivity contribution is 5.44. The van der Waals surface area contributed by atoms with Crippen LogP contribution < -0.4 is 9.47 Å². The van der Waals surface area contributed by atoms with E-state index < -0.39 is 0 Å². The summed E-state index contributed by atoms with van der Waals surface area (Å²) in [6.45, 7) is 2.43. The molecule has 0 aliphatic rings. The van der Waals surface area contributed by atoms with Crippen LogP contribution in [0.5, 0.6) is 17.2 Å². The molecule has 0 aliphatic carbocycles. The van der Waals surface area contributed by atoms with Crippen molar-refractivity contribution in [2.24, 2.45) is 0 Å². The van der Waals surface area contributed by atoms with Crippen molar-refractivity contribution in [1.82, 2.24) is 0 Å². The standard InChI is InChI=1S/C11H14O3/c1-3-4-7-14-10-6-5-9(12)8-11(10)13-2/h3-6,8,12H,7H2,1-2H3/b4-3-. The molecule has 3 nitrogen and oxygen atoms in total. The Morgan fingerprint density at radius 3 is 2.79 bits per heavy atom. The highest BCUT2D eigenvalue weighted by Crippen LogP contribution is 2.30. The van der Waals surface area contributed by atoms with Crippen LogP contribution in [-0.4, -0.2) is 18.8 Å². The summed E-state index contributed by atoms with van der Waals surface area (Å²) in [4.78, 5) is 0. The molecule has 14 heavy (non-hydrogen) atoms. The van der Waals surface area contributed by atoms with Gasteiger partial charge in [0.1, 0.15) is 12.4 Å². The summed E-state index contributed by atoms with van der Waals surface area (Å²) >= 11 is 0. The minimum absolute atomic E-state index is 0.167. The van der Waals surface area contributed by atoms with Crippen LogP contribution in [0.2, 0.25) is 0 Å². The van der Waals surface area contributed by atoms with E-state index >= 15 is 0 Å². The summed E-state index contributed by atoms with van der Waals surface area (Å²) in [6.07, 6.45) is 3.80. The minimum atomic E-state index is 0.167. The SMILES string of the molecule is C/C=C\COc1ccc(O)cc1OC. The lowest BCUT2D eigenvalue weighted by Crippen LogP contribution is -1.95. The monoisotopic (exact) mass is 194 g/mol. The zero-order chi connectivity index (χ0) is 10.4. The molecule has 0 saturated carbocycles. The Bertz CT molecular complexity index is 318. The van der Waals surface area contributed by atoms with E-state index in [1.54, 1.807) is 12.1 Å². The first-order chi connectivity index (χ1) is 6.77. The Morgan fingerprint density at radius 2 is 2.14 bits per heavy atom. The van der Waals surface area contributed by atoms with Gasteiger partial charge >= 0.3 is 0 Å². The Balaban J connectivity index is 2.74. The fraction of sp³-hybridized carbons (Fsp3) is 0.273. The van der Waals surface area contributed by atoms with Gasteiger partial charge < -0.3 is 14.6 Å². The van der Waals surface area contributed by atoms with E-state index in [0.29, 0.717) is 18.1 Å². The normalized spacial score (nSPS) is 10.4. The number of methoxy groups -OCH3 is 1. The number of phenols is 1.